The monoisotopic (exact) mass is 356 g/mol. The Hall–Kier alpha value is -1.96. The number of amides is 1. The minimum Gasteiger partial charge on any atom is -0.322 e. The van der Waals surface area contributed by atoms with Crippen molar-refractivity contribution in [3.8, 4) is 0 Å². The van der Waals surface area contributed by atoms with Gasteiger partial charge in [0, 0.05) is 5.69 Å². The van der Waals surface area contributed by atoms with Gasteiger partial charge in [0.15, 0.2) is 0 Å². The van der Waals surface area contributed by atoms with Crippen molar-refractivity contribution in [3.05, 3.63) is 57.9 Å². The summed E-state index contributed by atoms with van der Waals surface area (Å²) in [6.07, 6.45) is 0. The highest BCUT2D eigenvalue weighted by molar-refractivity contribution is 7.89. The Morgan fingerprint density at radius 3 is 2.43 bits per heavy atom. The first-order valence-corrected chi connectivity index (χ1v) is 8.42. The lowest BCUT2D eigenvalue weighted by atomic mass is 10.1. The summed E-state index contributed by atoms with van der Waals surface area (Å²) in [5, 5.41) is 7.16. The van der Waals surface area contributed by atoms with Gasteiger partial charge in [0.05, 0.1) is 10.6 Å². The molecule has 0 aromatic heterocycles. The van der Waals surface area contributed by atoms with Gasteiger partial charge in [0.2, 0.25) is 10.0 Å². The summed E-state index contributed by atoms with van der Waals surface area (Å²) in [6.45, 7) is 3.69. The van der Waals surface area contributed by atoms with Crippen molar-refractivity contribution in [2.45, 2.75) is 18.7 Å². The molecule has 2 aromatic rings. The van der Waals surface area contributed by atoms with Crippen LogP contribution in [0.5, 0.6) is 0 Å². The van der Waals surface area contributed by atoms with Crippen molar-refractivity contribution in [3.63, 3.8) is 0 Å². The number of sulfonamides is 1. The average Bonchev–Trinajstić information content (AvgIpc) is 2.40. The number of carbonyl (C=O) groups excluding carboxylic acids is 1. The normalized spacial score (nSPS) is 11.3. The van der Waals surface area contributed by atoms with Gasteiger partial charge in [0.1, 0.15) is 10.7 Å². The molecule has 122 valence electrons. The molecule has 5 nitrogen and oxygen atoms in total. The predicted octanol–water partition coefficient (Wildman–Crippen LogP) is 3.00. The smallest absolute Gasteiger partial charge is 0.258 e. The summed E-state index contributed by atoms with van der Waals surface area (Å²) in [6, 6.07) is 6.89. The van der Waals surface area contributed by atoms with Gasteiger partial charge in [0.25, 0.3) is 5.91 Å². The number of anilines is 1. The molecule has 0 fully saturated rings. The minimum absolute atomic E-state index is 0.381. The highest BCUT2D eigenvalue weighted by Crippen LogP contribution is 2.25. The van der Waals surface area contributed by atoms with Gasteiger partial charge in [-0.05, 0) is 37.6 Å². The van der Waals surface area contributed by atoms with Crippen LogP contribution in [0, 0.1) is 19.7 Å². The van der Waals surface area contributed by atoms with Gasteiger partial charge in [-0.2, -0.15) is 0 Å². The number of aryl methyl sites for hydroxylation is 2. The van der Waals surface area contributed by atoms with Gasteiger partial charge in [-0.25, -0.2) is 17.9 Å². The molecule has 23 heavy (non-hydrogen) atoms. The van der Waals surface area contributed by atoms with E-state index in [-0.39, 0.29) is 5.02 Å². The van der Waals surface area contributed by atoms with Crippen LogP contribution < -0.4 is 10.5 Å². The molecular weight excluding hydrogens is 343 g/mol. The summed E-state index contributed by atoms with van der Waals surface area (Å²) in [5.41, 5.74) is 1.83. The molecule has 0 aliphatic rings. The Kier molecular flexibility index (Phi) is 4.74. The van der Waals surface area contributed by atoms with Crippen molar-refractivity contribution in [1.29, 1.82) is 0 Å². The third kappa shape index (κ3) is 3.87. The predicted molar refractivity (Wildman–Crippen MR) is 86.7 cm³/mol. The van der Waals surface area contributed by atoms with E-state index < -0.39 is 32.2 Å². The van der Waals surface area contributed by atoms with E-state index in [1.165, 1.54) is 0 Å². The molecule has 0 atom stereocenters. The topological polar surface area (TPSA) is 89.3 Å². The van der Waals surface area contributed by atoms with Crippen molar-refractivity contribution in [2.24, 2.45) is 5.14 Å². The lowest BCUT2D eigenvalue weighted by molar-refractivity contribution is 0.102. The average molecular weight is 357 g/mol. The highest BCUT2D eigenvalue weighted by Gasteiger charge is 2.21. The quantitative estimate of drug-likeness (QED) is 0.885. The van der Waals surface area contributed by atoms with Gasteiger partial charge in [-0.3, -0.25) is 4.79 Å². The fourth-order valence-corrected chi connectivity index (χ4v) is 3.15. The molecule has 0 bridgehead atoms. The van der Waals surface area contributed by atoms with Crippen molar-refractivity contribution < 1.29 is 17.6 Å². The second-order valence-corrected chi connectivity index (χ2v) is 7.02. The first-order chi connectivity index (χ1) is 10.6. The molecule has 8 heteroatoms. The van der Waals surface area contributed by atoms with E-state index in [9.17, 15) is 17.6 Å². The Bertz CT molecular complexity index is 898. The van der Waals surface area contributed by atoms with Crippen LogP contribution in [-0.4, -0.2) is 14.3 Å². The number of primary sulfonamides is 1. The van der Waals surface area contributed by atoms with Crippen molar-refractivity contribution >= 4 is 33.2 Å². The Labute approximate surface area is 138 Å². The molecule has 1 amide bonds. The number of nitrogens with two attached hydrogens (primary N) is 1. The zero-order valence-electron chi connectivity index (χ0n) is 12.4. The van der Waals surface area contributed by atoms with Gasteiger partial charge >= 0.3 is 0 Å². The molecular formula is C15H14ClFN2O3S. The standard InChI is InChI=1S/C15H14ClFN2O3S/c1-8-3-4-13(9(2)5-8)19-15(20)10-6-14(23(18,21)22)11(16)7-12(10)17/h3-7H,1-2H3,(H,19,20)(H2,18,21,22). The zero-order valence-corrected chi connectivity index (χ0v) is 13.9. The highest BCUT2D eigenvalue weighted by atomic mass is 35.5. The van der Waals surface area contributed by atoms with Crippen molar-refractivity contribution in [1.82, 2.24) is 0 Å². The van der Waals surface area contributed by atoms with Crippen LogP contribution in [0.2, 0.25) is 5.02 Å². The molecule has 0 heterocycles. The largest absolute Gasteiger partial charge is 0.322 e. The zero-order chi connectivity index (χ0) is 17.4. The lowest BCUT2D eigenvalue weighted by Gasteiger charge is -2.11. The maximum absolute atomic E-state index is 14.0. The summed E-state index contributed by atoms with van der Waals surface area (Å²) < 4.78 is 36.8. The summed E-state index contributed by atoms with van der Waals surface area (Å²) in [4.78, 5) is 11.7. The van der Waals surface area contributed by atoms with Crippen LogP contribution in [0.1, 0.15) is 21.5 Å². The van der Waals surface area contributed by atoms with Crippen molar-refractivity contribution in [2.75, 3.05) is 5.32 Å². The summed E-state index contributed by atoms with van der Waals surface area (Å²) >= 11 is 5.66. The maximum atomic E-state index is 14.0. The van der Waals surface area contributed by atoms with Crippen LogP contribution in [0.3, 0.4) is 0 Å². The number of benzene rings is 2. The maximum Gasteiger partial charge on any atom is 0.258 e. The Morgan fingerprint density at radius 2 is 1.87 bits per heavy atom. The lowest BCUT2D eigenvalue weighted by Crippen LogP contribution is -2.18. The first kappa shape index (κ1) is 17.4. The molecule has 0 radical (unpaired) electrons. The van der Waals surface area contributed by atoms with E-state index in [2.05, 4.69) is 5.32 Å². The molecule has 0 unspecified atom stereocenters. The number of nitrogens with one attached hydrogen (secondary N) is 1. The second-order valence-electron chi connectivity index (χ2n) is 5.08. The summed E-state index contributed by atoms with van der Waals surface area (Å²) in [7, 11) is -4.17. The Balaban J connectivity index is 2.43. The summed E-state index contributed by atoms with van der Waals surface area (Å²) in [5.74, 6) is -1.74. The van der Waals surface area contributed by atoms with Crippen LogP contribution in [0.25, 0.3) is 0 Å². The van der Waals surface area contributed by atoms with Crippen LogP contribution in [0.4, 0.5) is 10.1 Å². The van der Waals surface area contributed by atoms with E-state index in [0.717, 1.165) is 23.3 Å². The molecule has 0 saturated heterocycles. The fraction of sp³-hybridized carbons (Fsp3) is 0.133. The number of carbonyl (C=O) groups is 1. The van der Waals surface area contributed by atoms with Crippen LogP contribution in [-0.2, 0) is 10.0 Å². The van der Waals surface area contributed by atoms with Gasteiger partial charge in [-0.1, -0.05) is 29.3 Å². The minimum atomic E-state index is -4.17. The number of halogens is 2. The van der Waals surface area contributed by atoms with Gasteiger partial charge < -0.3 is 5.32 Å². The number of hydrogen-bond acceptors (Lipinski definition) is 3. The first-order valence-electron chi connectivity index (χ1n) is 6.50. The number of hydrogen-bond donors (Lipinski definition) is 2. The molecule has 0 saturated carbocycles. The van der Waals surface area contributed by atoms with Crippen LogP contribution >= 0.6 is 11.6 Å². The molecule has 2 aromatic carbocycles. The van der Waals surface area contributed by atoms with E-state index >= 15 is 0 Å². The van der Waals surface area contributed by atoms with E-state index in [1.54, 1.807) is 19.1 Å². The number of rotatable bonds is 3. The van der Waals surface area contributed by atoms with E-state index in [4.69, 9.17) is 16.7 Å². The van der Waals surface area contributed by atoms with Gasteiger partial charge in [-0.15, -0.1) is 0 Å². The molecule has 0 aliphatic heterocycles. The third-order valence-corrected chi connectivity index (χ3v) is 4.58. The SMILES string of the molecule is Cc1ccc(NC(=O)c2cc(S(N)(=O)=O)c(Cl)cc2F)c(C)c1. The van der Waals surface area contributed by atoms with E-state index in [0.29, 0.717) is 5.69 Å². The third-order valence-electron chi connectivity index (χ3n) is 3.20. The molecule has 0 spiro atoms. The fourth-order valence-electron chi connectivity index (χ4n) is 2.06. The Morgan fingerprint density at radius 1 is 1.22 bits per heavy atom. The molecule has 2 rings (SSSR count). The van der Waals surface area contributed by atoms with Crippen LogP contribution in [0.15, 0.2) is 35.2 Å². The molecule has 0 aliphatic carbocycles. The molecule has 3 N–H and O–H groups in total. The van der Waals surface area contributed by atoms with E-state index in [1.807, 2.05) is 13.0 Å². The second kappa shape index (κ2) is 6.27.